The zero-order valence-corrected chi connectivity index (χ0v) is 13.2. The molecule has 0 saturated carbocycles. The summed E-state index contributed by atoms with van der Waals surface area (Å²) in [7, 11) is 0. The van der Waals surface area contributed by atoms with Crippen molar-refractivity contribution in [2.24, 2.45) is 0 Å². The summed E-state index contributed by atoms with van der Waals surface area (Å²) in [5.74, 6) is 2.00. The first-order valence-corrected chi connectivity index (χ1v) is 8.01. The highest BCUT2D eigenvalue weighted by molar-refractivity contribution is 5.86. The fourth-order valence-corrected chi connectivity index (χ4v) is 3.52. The predicted molar refractivity (Wildman–Crippen MR) is 82.3 cm³/mol. The molecule has 0 bridgehead atoms. The zero-order valence-electron chi connectivity index (χ0n) is 13.2. The molecule has 5 nitrogen and oxygen atoms in total. The normalized spacial score (nSPS) is 25.4. The Morgan fingerprint density at radius 3 is 2.95 bits per heavy atom. The molecule has 3 heterocycles. The third kappa shape index (κ3) is 2.49. The highest BCUT2D eigenvalue weighted by Gasteiger charge is 2.41. The summed E-state index contributed by atoms with van der Waals surface area (Å²) < 4.78 is 0. The van der Waals surface area contributed by atoms with Crippen molar-refractivity contribution in [2.45, 2.75) is 58.5 Å². The van der Waals surface area contributed by atoms with Gasteiger partial charge in [0, 0.05) is 30.9 Å². The van der Waals surface area contributed by atoms with Gasteiger partial charge in [-0.05, 0) is 33.1 Å². The number of amides is 1. The number of nitrogens with zero attached hydrogens (tertiary/aromatic N) is 4. The van der Waals surface area contributed by atoms with Gasteiger partial charge in [-0.15, -0.1) is 0 Å². The average Bonchev–Trinajstić information content (AvgIpc) is 2.93. The van der Waals surface area contributed by atoms with E-state index in [0.717, 1.165) is 56.0 Å². The molecule has 0 spiro atoms. The van der Waals surface area contributed by atoms with E-state index in [1.54, 1.807) is 0 Å². The Hall–Kier alpha value is -1.65. The first kappa shape index (κ1) is 14.3. The van der Waals surface area contributed by atoms with Gasteiger partial charge in [0.05, 0.1) is 0 Å². The number of hydrogen-bond acceptors (Lipinski definition) is 4. The molecule has 2 fully saturated rings. The SMILES string of the molecule is CCCc1cnc(C)nc1N1C[C@@H]2CCCN2C(=O)[C@@H]1C. The van der Waals surface area contributed by atoms with Crippen molar-refractivity contribution in [3.05, 3.63) is 17.6 Å². The molecular weight excluding hydrogens is 264 g/mol. The van der Waals surface area contributed by atoms with Crippen molar-refractivity contribution in [1.29, 1.82) is 0 Å². The number of hydrogen-bond donors (Lipinski definition) is 0. The molecule has 1 aromatic heterocycles. The van der Waals surface area contributed by atoms with Crippen LogP contribution in [-0.4, -0.2) is 45.9 Å². The molecule has 2 saturated heterocycles. The van der Waals surface area contributed by atoms with E-state index < -0.39 is 0 Å². The van der Waals surface area contributed by atoms with Crippen LogP contribution < -0.4 is 4.90 Å². The molecule has 21 heavy (non-hydrogen) atoms. The molecule has 0 aliphatic carbocycles. The zero-order chi connectivity index (χ0) is 15.0. The topological polar surface area (TPSA) is 49.3 Å². The van der Waals surface area contributed by atoms with Crippen LogP contribution in [0.15, 0.2) is 6.20 Å². The van der Waals surface area contributed by atoms with E-state index in [4.69, 9.17) is 0 Å². The third-order valence-corrected chi connectivity index (χ3v) is 4.65. The summed E-state index contributed by atoms with van der Waals surface area (Å²) in [5.41, 5.74) is 1.16. The lowest BCUT2D eigenvalue weighted by Gasteiger charge is -2.42. The molecule has 0 unspecified atom stereocenters. The highest BCUT2D eigenvalue weighted by atomic mass is 16.2. The Morgan fingerprint density at radius 1 is 1.38 bits per heavy atom. The molecule has 1 amide bonds. The first-order valence-electron chi connectivity index (χ1n) is 8.01. The Labute approximate surface area is 126 Å². The second-order valence-electron chi connectivity index (χ2n) is 6.17. The summed E-state index contributed by atoms with van der Waals surface area (Å²) in [6.07, 6.45) is 6.19. The van der Waals surface area contributed by atoms with Crippen molar-refractivity contribution in [2.75, 3.05) is 18.0 Å². The standard InChI is InChI=1S/C16H24N4O/c1-4-6-13-9-17-12(3)18-15(13)20-10-14-7-5-8-19(14)16(21)11(20)2/h9,11,14H,4-8,10H2,1-3H3/t11-,14-/m0/s1. The van der Waals surface area contributed by atoms with Crippen molar-refractivity contribution >= 4 is 11.7 Å². The van der Waals surface area contributed by atoms with Crippen LogP contribution in [0.3, 0.4) is 0 Å². The molecule has 0 aromatic carbocycles. The van der Waals surface area contributed by atoms with E-state index >= 15 is 0 Å². The monoisotopic (exact) mass is 288 g/mol. The number of rotatable bonds is 3. The van der Waals surface area contributed by atoms with Crippen LogP contribution in [0.4, 0.5) is 5.82 Å². The quantitative estimate of drug-likeness (QED) is 0.853. The largest absolute Gasteiger partial charge is 0.342 e. The molecule has 114 valence electrons. The number of aryl methyl sites for hydroxylation is 2. The number of carbonyl (C=O) groups excluding carboxylic acids is 1. The number of fused-ring (bicyclic) bond motifs is 1. The Balaban J connectivity index is 1.95. The van der Waals surface area contributed by atoms with Crippen molar-refractivity contribution in [1.82, 2.24) is 14.9 Å². The van der Waals surface area contributed by atoms with Crippen LogP contribution in [0.2, 0.25) is 0 Å². The maximum absolute atomic E-state index is 12.6. The maximum atomic E-state index is 12.6. The first-order chi connectivity index (χ1) is 10.1. The van der Waals surface area contributed by atoms with Crippen molar-refractivity contribution in [3.63, 3.8) is 0 Å². The van der Waals surface area contributed by atoms with Gasteiger partial charge in [0.2, 0.25) is 5.91 Å². The Morgan fingerprint density at radius 2 is 2.19 bits per heavy atom. The van der Waals surface area contributed by atoms with Crippen LogP contribution in [0, 0.1) is 6.92 Å². The van der Waals surface area contributed by atoms with Crippen LogP contribution >= 0.6 is 0 Å². The van der Waals surface area contributed by atoms with Gasteiger partial charge in [0.1, 0.15) is 17.7 Å². The maximum Gasteiger partial charge on any atom is 0.245 e. The van der Waals surface area contributed by atoms with Gasteiger partial charge < -0.3 is 9.80 Å². The molecule has 1 aromatic rings. The van der Waals surface area contributed by atoms with Crippen LogP contribution in [0.5, 0.6) is 0 Å². The summed E-state index contributed by atoms with van der Waals surface area (Å²) >= 11 is 0. The van der Waals surface area contributed by atoms with Crippen LogP contribution in [0.1, 0.15) is 44.5 Å². The van der Waals surface area contributed by atoms with Gasteiger partial charge in [0.25, 0.3) is 0 Å². The summed E-state index contributed by atoms with van der Waals surface area (Å²) in [5, 5.41) is 0. The molecule has 2 aliphatic heterocycles. The van der Waals surface area contributed by atoms with Gasteiger partial charge in [0.15, 0.2) is 0 Å². The van der Waals surface area contributed by atoms with Gasteiger partial charge in [-0.25, -0.2) is 9.97 Å². The Kier molecular flexibility index (Phi) is 3.83. The fraction of sp³-hybridized carbons (Fsp3) is 0.688. The predicted octanol–water partition coefficient (Wildman–Crippen LogP) is 1.94. The Bertz CT molecular complexity index is 545. The van der Waals surface area contributed by atoms with E-state index in [-0.39, 0.29) is 11.9 Å². The highest BCUT2D eigenvalue weighted by Crippen LogP contribution is 2.30. The second kappa shape index (κ2) is 5.62. The van der Waals surface area contributed by atoms with Gasteiger partial charge in [-0.3, -0.25) is 4.79 Å². The fourth-order valence-electron chi connectivity index (χ4n) is 3.52. The number of anilines is 1. The average molecular weight is 288 g/mol. The minimum absolute atomic E-state index is 0.121. The molecule has 2 aliphatic rings. The molecule has 0 radical (unpaired) electrons. The minimum atomic E-state index is -0.121. The lowest BCUT2D eigenvalue weighted by atomic mass is 10.1. The van der Waals surface area contributed by atoms with E-state index in [2.05, 4.69) is 26.7 Å². The second-order valence-corrected chi connectivity index (χ2v) is 6.17. The van der Waals surface area contributed by atoms with E-state index in [1.165, 1.54) is 0 Å². The van der Waals surface area contributed by atoms with E-state index in [9.17, 15) is 4.79 Å². The molecule has 5 heteroatoms. The van der Waals surface area contributed by atoms with Crippen LogP contribution in [-0.2, 0) is 11.2 Å². The van der Waals surface area contributed by atoms with E-state index in [0.29, 0.717) is 6.04 Å². The number of carbonyl (C=O) groups is 1. The smallest absolute Gasteiger partial charge is 0.245 e. The summed E-state index contributed by atoms with van der Waals surface area (Å²) in [4.78, 5) is 25.8. The summed E-state index contributed by atoms with van der Waals surface area (Å²) in [6.45, 7) is 7.90. The third-order valence-electron chi connectivity index (χ3n) is 4.65. The summed E-state index contributed by atoms with van der Waals surface area (Å²) in [6, 6.07) is 0.239. The minimum Gasteiger partial charge on any atom is -0.342 e. The molecule has 2 atom stereocenters. The molecule has 0 N–H and O–H groups in total. The van der Waals surface area contributed by atoms with Gasteiger partial charge in [-0.2, -0.15) is 0 Å². The van der Waals surface area contributed by atoms with E-state index in [1.807, 2.05) is 20.0 Å². The number of piperazine rings is 1. The lowest BCUT2D eigenvalue weighted by molar-refractivity contribution is -0.134. The molecular formula is C16H24N4O. The lowest BCUT2D eigenvalue weighted by Crippen LogP contribution is -2.59. The van der Waals surface area contributed by atoms with Crippen LogP contribution in [0.25, 0.3) is 0 Å². The van der Waals surface area contributed by atoms with Gasteiger partial charge >= 0.3 is 0 Å². The van der Waals surface area contributed by atoms with Crippen molar-refractivity contribution in [3.8, 4) is 0 Å². The van der Waals surface area contributed by atoms with Gasteiger partial charge in [-0.1, -0.05) is 13.3 Å². The number of aromatic nitrogens is 2. The molecule has 3 rings (SSSR count). The van der Waals surface area contributed by atoms with Crippen molar-refractivity contribution < 1.29 is 4.79 Å².